The molecule has 1 amide bonds. The maximum atomic E-state index is 12.2. The van der Waals surface area contributed by atoms with Crippen molar-refractivity contribution in [3.8, 4) is 0 Å². The summed E-state index contributed by atoms with van der Waals surface area (Å²) in [4.78, 5) is 20.9. The summed E-state index contributed by atoms with van der Waals surface area (Å²) in [6, 6.07) is 8.83. The van der Waals surface area contributed by atoms with Crippen molar-refractivity contribution in [1.29, 1.82) is 0 Å². The van der Waals surface area contributed by atoms with Crippen molar-refractivity contribution in [2.45, 2.75) is 53.2 Å². The second kappa shape index (κ2) is 11.1. The van der Waals surface area contributed by atoms with Gasteiger partial charge >= 0.3 is 0 Å². The van der Waals surface area contributed by atoms with E-state index in [0.29, 0.717) is 0 Å². The molecule has 156 valence electrons. The van der Waals surface area contributed by atoms with Gasteiger partial charge in [-0.25, -0.2) is 0 Å². The monoisotopic (exact) mass is 387 g/mol. The molecule has 2 N–H and O–H groups in total. The quantitative estimate of drug-likeness (QED) is 0.531. The lowest BCUT2D eigenvalue weighted by molar-refractivity contribution is -0.133. The Morgan fingerprint density at radius 3 is 2.54 bits per heavy atom. The fraction of sp³-hybridized carbons (Fsp3) is 0.636. The number of amides is 1. The van der Waals surface area contributed by atoms with Gasteiger partial charge in [0.1, 0.15) is 0 Å². The molecule has 6 heteroatoms. The zero-order chi connectivity index (χ0) is 20.5. The molecule has 1 aromatic rings. The van der Waals surface area contributed by atoms with Crippen LogP contribution in [-0.2, 0) is 17.9 Å². The number of hydrogen-bond acceptors (Lipinski definition) is 3. The number of guanidine groups is 1. The molecule has 0 aliphatic carbocycles. The Labute approximate surface area is 170 Å². The third-order valence-corrected chi connectivity index (χ3v) is 5.41. The van der Waals surface area contributed by atoms with E-state index in [9.17, 15) is 4.79 Å². The topological polar surface area (TPSA) is 60.0 Å². The highest BCUT2D eigenvalue weighted by molar-refractivity contribution is 5.81. The molecule has 0 radical (unpaired) electrons. The van der Waals surface area contributed by atoms with Gasteiger partial charge in [0.25, 0.3) is 0 Å². The number of likely N-dealkylation sites (tertiary alicyclic amines) is 1. The zero-order valence-corrected chi connectivity index (χ0v) is 18.2. The van der Waals surface area contributed by atoms with E-state index >= 15 is 0 Å². The first-order valence-electron chi connectivity index (χ1n) is 10.5. The van der Waals surface area contributed by atoms with E-state index in [0.717, 1.165) is 51.6 Å². The van der Waals surface area contributed by atoms with Crippen LogP contribution >= 0.6 is 0 Å². The van der Waals surface area contributed by atoms with Crippen LogP contribution in [0.25, 0.3) is 0 Å². The number of benzene rings is 1. The van der Waals surface area contributed by atoms with Gasteiger partial charge in [-0.15, -0.1) is 0 Å². The van der Waals surface area contributed by atoms with Crippen molar-refractivity contribution >= 4 is 11.9 Å². The van der Waals surface area contributed by atoms with Crippen LogP contribution in [0.15, 0.2) is 29.3 Å². The Bertz CT molecular complexity index is 654. The van der Waals surface area contributed by atoms with E-state index in [-0.39, 0.29) is 17.9 Å². The molecule has 1 heterocycles. The van der Waals surface area contributed by atoms with E-state index in [1.54, 1.807) is 7.05 Å². The SMILES string of the molecule is CCN(CC)Cc1ccccc1CNC(=NC)NC1CCN(C(=O)C(C)C)C1. The fourth-order valence-electron chi connectivity index (χ4n) is 3.58. The summed E-state index contributed by atoms with van der Waals surface area (Å²) in [6.07, 6.45) is 0.956. The van der Waals surface area contributed by atoms with E-state index in [1.807, 2.05) is 18.7 Å². The van der Waals surface area contributed by atoms with Crippen LogP contribution in [0, 0.1) is 5.92 Å². The molecule has 1 aliphatic heterocycles. The van der Waals surface area contributed by atoms with E-state index in [4.69, 9.17) is 0 Å². The maximum absolute atomic E-state index is 12.2. The lowest BCUT2D eigenvalue weighted by Gasteiger charge is -2.22. The van der Waals surface area contributed by atoms with Crippen LogP contribution in [0.2, 0.25) is 0 Å². The van der Waals surface area contributed by atoms with Crippen LogP contribution in [0.5, 0.6) is 0 Å². The first kappa shape index (κ1) is 22.2. The van der Waals surface area contributed by atoms with Gasteiger partial charge < -0.3 is 15.5 Å². The van der Waals surface area contributed by atoms with Gasteiger partial charge in [0.2, 0.25) is 5.91 Å². The third kappa shape index (κ3) is 6.23. The van der Waals surface area contributed by atoms with Crippen LogP contribution < -0.4 is 10.6 Å². The third-order valence-electron chi connectivity index (χ3n) is 5.41. The van der Waals surface area contributed by atoms with Gasteiger partial charge in [0.05, 0.1) is 0 Å². The lowest BCUT2D eigenvalue weighted by atomic mass is 10.1. The van der Waals surface area contributed by atoms with Gasteiger partial charge in [-0.3, -0.25) is 14.7 Å². The maximum Gasteiger partial charge on any atom is 0.225 e. The van der Waals surface area contributed by atoms with Gasteiger partial charge in [-0.1, -0.05) is 52.0 Å². The van der Waals surface area contributed by atoms with Gasteiger partial charge in [-0.2, -0.15) is 0 Å². The zero-order valence-electron chi connectivity index (χ0n) is 18.2. The predicted octanol–water partition coefficient (Wildman–Crippen LogP) is 2.45. The number of rotatable bonds is 8. The molecular formula is C22H37N5O. The number of nitrogens with zero attached hydrogens (tertiary/aromatic N) is 3. The van der Waals surface area contributed by atoms with Crippen molar-refractivity contribution in [3.05, 3.63) is 35.4 Å². The van der Waals surface area contributed by atoms with Crippen LogP contribution in [0.3, 0.4) is 0 Å². The number of nitrogens with one attached hydrogen (secondary N) is 2. The van der Waals surface area contributed by atoms with E-state index in [2.05, 4.69) is 58.6 Å². The molecule has 28 heavy (non-hydrogen) atoms. The van der Waals surface area contributed by atoms with Crippen molar-refractivity contribution in [3.63, 3.8) is 0 Å². The van der Waals surface area contributed by atoms with E-state index < -0.39 is 0 Å². The second-order valence-electron chi connectivity index (χ2n) is 7.72. The average Bonchev–Trinajstić information content (AvgIpc) is 3.17. The Morgan fingerprint density at radius 1 is 1.25 bits per heavy atom. The summed E-state index contributed by atoms with van der Waals surface area (Å²) in [5, 5.41) is 6.92. The van der Waals surface area contributed by atoms with Crippen LogP contribution in [0.1, 0.15) is 45.2 Å². The standard InChI is InChI=1S/C22H37N5O/c1-6-26(7-2)15-19-11-9-8-10-18(19)14-24-22(23-5)25-20-12-13-27(16-20)21(28)17(3)4/h8-11,17,20H,6-7,12-16H2,1-5H3,(H2,23,24,25). The van der Waals surface area contributed by atoms with Crippen LogP contribution in [-0.4, -0.2) is 60.9 Å². The molecule has 0 bridgehead atoms. The number of carbonyl (C=O) groups excluding carboxylic acids is 1. The minimum Gasteiger partial charge on any atom is -0.352 e. The van der Waals surface area contributed by atoms with E-state index in [1.165, 1.54) is 11.1 Å². The van der Waals surface area contributed by atoms with Crippen molar-refractivity contribution in [2.75, 3.05) is 33.2 Å². The summed E-state index contributed by atoms with van der Waals surface area (Å²) in [7, 11) is 1.79. The molecule has 1 saturated heterocycles. The minimum absolute atomic E-state index is 0.0542. The molecule has 6 nitrogen and oxygen atoms in total. The second-order valence-corrected chi connectivity index (χ2v) is 7.72. The fourth-order valence-corrected chi connectivity index (χ4v) is 3.58. The number of hydrogen-bond donors (Lipinski definition) is 2. The molecular weight excluding hydrogens is 350 g/mol. The summed E-state index contributed by atoms with van der Waals surface area (Å²) in [6.45, 7) is 13.7. The normalized spacial score (nSPS) is 17.5. The summed E-state index contributed by atoms with van der Waals surface area (Å²) in [5.41, 5.74) is 2.64. The summed E-state index contributed by atoms with van der Waals surface area (Å²) >= 11 is 0. The molecule has 0 saturated carbocycles. The number of aliphatic imine (C=N–C) groups is 1. The van der Waals surface area contributed by atoms with Crippen molar-refractivity contribution in [2.24, 2.45) is 10.9 Å². The Kier molecular flexibility index (Phi) is 8.77. The van der Waals surface area contributed by atoms with Gasteiger partial charge in [0, 0.05) is 45.2 Å². The Morgan fingerprint density at radius 2 is 1.93 bits per heavy atom. The van der Waals surface area contributed by atoms with Crippen LogP contribution in [0.4, 0.5) is 0 Å². The summed E-state index contributed by atoms with van der Waals surface area (Å²) < 4.78 is 0. The smallest absolute Gasteiger partial charge is 0.225 e. The molecule has 1 unspecified atom stereocenters. The lowest BCUT2D eigenvalue weighted by Crippen LogP contribution is -2.45. The Hall–Kier alpha value is -2.08. The minimum atomic E-state index is 0.0542. The molecule has 0 spiro atoms. The predicted molar refractivity (Wildman–Crippen MR) is 116 cm³/mol. The largest absolute Gasteiger partial charge is 0.352 e. The molecule has 1 fully saturated rings. The highest BCUT2D eigenvalue weighted by Crippen LogP contribution is 2.14. The summed E-state index contributed by atoms with van der Waals surface area (Å²) in [5.74, 6) is 1.08. The van der Waals surface area contributed by atoms with Crippen molar-refractivity contribution in [1.82, 2.24) is 20.4 Å². The van der Waals surface area contributed by atoms with Crippen molar-refractivity contribution < 1.29 is 4.79 Å². The first-order chi connectivity index (χ1) is 13.5. The molecule has 1 aliphatic rings. The average molecular weight is 388 g/mol. The Balaban J connectivity index is 1.90. The molecule has 1 aromatic carbocycles. The first-order valence-corrected chi connectivity index (χ1v) is 10.5. The molecule has 1 atom stereocenters. The molecule has 0 aromatic heterocycles. The van der Waals surface area contributed by atoms with Gasteiger partial charge in [0.15, 0.2) is 5.96 Å². The highest BCUT2D eigenvalue weighted by atomic mass is 16.2. The number of carbonyl (C=O) groups is 1. The highest BCUT2D eigenvalue weighted by Gasteiger charge is 2.27. The van der Waals surface area contributed by atoms with Gasteiger partial charge in [-0.05, 0) is 30.6 Å². The molecule has 2 rings (SSSR count).